The van der Waals surface area contributed by atoms with E-state index in [-0.39, 0.29) is 17.4 Å². The van der Waals surface area contributed by atoms with Crippen molar-refractivity contribution in [3.05, 3.63) is 35.3 Å². The van der Waals surface area contributed by atoms with Gasteiger partial charge in [-0.15, -0.1) is 0 Å². The Bertz CT molecular complexity index is 885. The summed E-state index contributed by atoms with van der Waals surface area (Å²) in [5.74, 6) is -0.0724. The molecule has 2 aromatic heterocycles. The van der Waals surface area contributed by atoms with Crippen LogP contribution in [0.5, 0.6) is 5.75 Å². The van der Waals surface area contributed by atoms with E-state index >= 15 is 0 Å². The number of nitrogens with one attached hydrogen (secondary N) is 2. The Labute approximate surface area is 166 Å². The minimum Gasteiger partial charge on any atom is -0.484 e. The fourth-order valence-electron chi connectivity index (χ4n) is 3.02. The maximum atomic E-state index is 12.8. The van der Waals surface area contributed by atoms with Crippen LogP contribution >= 0.6 is 0 Å². The molecule has 1 saturated carbocycles. The van der Waals surface area contributed by atoms with Crippen molar-refractivity contribution in [3.63, 3.8) is 0 Å². The van der Waals surface area contributed by atoms with E-state index in [1.54, 1.807) is 6.07 Å². The van der Waals surface area contributed by atoms with Crippen LogP contribution in [0.4, 0.5) is 19.0 Å². The number of pyridine rings is 1. The highest BCUT2D eigenvalue weighted by atomic mass is 19.4. The van der Waals surface area contributed by atoms with Gasteiger partial charge in [0.05, 0.1) is 11.7 Å². The van der Waals surface area contributed by atoms with Gasteiger partial charge in [0.1, 0.15) is 17.3 Å². The zero-order chi connectivity index (χ0) is 21.4. The van der Waals surface area contributed by atoms with Crippen LogP contribution in [0.3, 0.4) is 0 Å². The Morgan fingerprint density at radius 1 is 1.34 bits per heavy atom. The average Bonchev–Trinajstić information content (AvgIpc) is 3.37. The fourth-order valence-corrected chi connectivity index (χ4v) is 3.02. The van der Waals surface area contributed by atoms with E-state index in [0.29, 0.717) is 17.1 Å². The lowest BCUT2D eigenvalue weighted by atomic mass is 9.84. The molecule has 0 bridgehead atoms. The summed E-state index contributed by atoms with van der Waals surface area (Å²) in [6.07, 6.45) is -1.31. The number of ether oxygens (including phenoxy) is 1. The molecule has 29 heavy (non-hydrogen) atoms. The van der Waals surface area contributed by atoms with Gasteiger partial charge in [0.15, 0.2) is 6.61 Å². The van der Waals surface area contributed by atoms with Crippen LogP contribution in [-0.2, 0) is 0 Å². The number of carbonyl (C=O) groups excluding carboxylic acids is 1. The van der Waals surface area contributed by atoms with Crippen LogP contribution in [0.15, 0.2) is 18.3 Å². The highest BCUT2D eigenvalue weighted by Gasteiger charge is 2.33. The molecule has 1 atom stereocenters. The standard InChI is InChI=1S/C19H24F3N5O2/c1-18(2,3)16(12-7-15(23)27-26-12)25-17(28)13-6-14(29-9-19(20,21)22)11(8-24-13)10-4-5-10/h6-8,10,16H,4-5,9H2,1-3H3,(H,25,28)(H3,23,26,27). The first-order valence-electron chi connectivity index (χ1n) is 9.25. The number of amides is 1. The molecule has 3 rings (SSSR count). The number of H-pyrrole nitrogens is 1. The first-order valence-corrected chi connectivity index (χ1v) is 9.25. The molecule has 2 heterocycles. The van der Waals surface area contributed by atoms with Crippen molar-refractivity contribution < 1.29 is 22.7 Å². The second-order valence-electron chi connectivity index (χ2n) is 8.31. The third kappa shape index (κ3) is 5.39. The third-order valence-electron chi connectivity index (χ3n) is 4.61. The molecule has 158 valence electrons. The van der Waals surface area contributed by atoms with Crippen LogP contribution in [0.2, 0.25) is 0 Å². The number of aromatic amines is 1. The quantitative estimate of drug-likeness (QED) is 0.672. The van der Waals surface area contributed by atoms with Gasteiger partial charge in [-0.3, -0.25) is 14.9 Å². The molecule has 1 fully saturated rings. The van der Waals surface area contributed by atoms with Crippen LogP contribution in [0.25, 0.3) is 0 Å². The van der Waals surface area contributed by atoms with Crippen LogP contribution in [0, 0.1) is 5.41 Å². The van der Waals surface area contributed by atoms with Gasteiger partial charge < -0.3 is 15.8 Å². The Morgan fingerprint density at radius 3 is 2.55 bits per heavy atom. The summed E-state index contributed by atoms with van der Waals surface area (Å²) in [5.41, 5.74) is 6.47. The molecule has 10 heteroatoms. The lowest BCUT2D eigenvalue weighted by molar-refractivity contribution is -0.153. The number of alkyl halides is 3. The van der Waals surface area contributed by atoms with E-state index in [0.717, 1.165) is 12.8 Å². The molecule has 0 aromatic carbocycles. The number of rotatable bonds is 6. The molecule has 2 aromatic rings. The molecule has 0 saturated heterocycles. The number of hydrogen-bond acceptors (Lipinski definition) is 5. The van der Waals surface area contributed by atoms with Crippen molar-refractivity contribution >= 4 is 11.7 Å². The summed E-state index contributed by atoms with van der Waals surface area (Å²) < 4.78 is 42.8. The number of halogens is 3. The molecular formula is C19H24F3N5O2. The van der Waals surface area contributed by atoms with E-state index < -0.39 is 30.1 Å². The predicted molar refractivity (Wildman–Crippen MR) is 100 cm³/mol. The molecule has 4 N–H and O–H groups in total. The number of anilines is 1. The summed E-state index contributed by atoms with van der Waals surface area (Å²) in [6.45, 7) is 4.36. The van der Waals surface area contributed by atoms with Gasteiger partial charge in [-0.1, -0.05) is 20.8 Å². The summed E-state index contributed by atoms with van der Waals surface area (Å²) in [6, 6.07) is 2.43. The normalized spacial score (nSPS) is 15.8. The van der Waals surface area contributed by atoms with Gasteiger partial charge in [0.25, 0.3) is 5.91 Å². The number of nitrogens with zero attached hydrogens (tertiary/aromatic N) is 2. The Hall–Kier alpha value is -2.78. The van der Waals surface area contributed by atoms with E-state index in [4.69, 9.17) is 10.5 Å². The van der Waals surface area contributed by atoms with Gasteiger partial charge in [-0.25, -0.2) is 0 Å². The van der Waals surface area contributed by atoms with Crippen molar-refractivity contribution in [1.82, 2.24) is 20.5 Å². The number of carbonyl (C=O) groups is 1. The lowest BCUT2D eigenvalue weighted by Gasteiger charge is -2.30. The van der Waals surface area contributed by atoms with Gasteiger partial charge in [0.2, 0.25) is 0 Å². The number of nitrogen functional groups attached to an aromatic ring is 1. The van der Waals surface area contributed by atoms with Crippen LogP contribution < -0.4 is 15.8 Å². The SMILES string of the molecule is CC(C)(C)C(NC(=O)c1cc(OCC(F)(F)F)c(C2CC2)cn1)c1cc(N)n[nH]1. The van der Waals surface area contributed by atoms with Gasteiger partial charge in [-0.05, 0) is 24.2 Å². The molecule has 1 aliphatic carbocycles. The van der Waals surface area contributed by atoms with Crippen molar-refractivity contribution in [2.45, 2.75) is 51.7 Å². The van der Waals surface area contributed by atoms with E-state index in [2.05, 4.69) is 20.5 Å². The monoisotopic (exact) mass is 411 g/mol. The molecule has 1 aliphatic rings. The smallest absolute Gasteiger partial charge is 0.422 e. The molecule has 1 unspecified atom stereocenters. The molecule has 0 aliphatic heterocycles. The third-order valence-corrected chi connectivity index (χ3v) is 4.61. The second kappa shape index (κ2) is 7.57. The van der Waals surface area contributed by atoms with Gasteiger partial charge in [-0.2, -0.15) is 18.3 Å². The van der Waals surface area contributed by atoms with Gasteiger partial charge in [0, 0.05) is 23.9 Å². The number of aromatic nitrogens is 3. The predicted octanol–water partition coefficient (Wildman–Crippen LogP) is 3.72. The summed E-state index contributed by atoms with van der Waals surface area (Å²) in [5, 5.41) is 9.54. The van der Waals surface area contributed by atoms with Crippen molar-refractivity contribution in [3.8, 4) is 5.75 Å². The molecule has 0 spiro atoms. The van der Waals surface area contributed by atoms with E-state index in [9.17, 15) is 18.0 Å². The van der Waals surface area contributed by atoms with Crippen molar-refractivity contribution in [1.29, 1.82) is 0 Å². The maximum absolute atomic E-state index is 12.8. The molecule has 0 radical (unpaired) electrons. The maximum Gasteiger partial charge on any atom is 0.422 e. The summed E-state index contributed by atoms with van der Waals surface area (Å²) in [4.78, 5) is 17.0. The summed E-state index contributed by atoms with van der Waals surface area (Å²) >= 11 is 0. The topological polar surface area (TPSA) is 106 Å². The Kier molecular flexibility index (Phi) is 5.46. The van der Waals surface area contributed by atoms with Crippen LogP contribution in [-0.4, -0.2) is 33.9 Å². The van der Waals surface area contributed by atoms with E-state index in [1.807, 2.05) is 20.8 Å². The highest BCUT2D eigenvalue weighted by molar-refractivity contribution is 5.93. The lowest BCUT2D eigenvalue weighted by Crippen LogP contribution is -2.37. The zero-order valence-corrected chi connectivity index (χ0v) is 16.4. The largest absolute Gasteiger partial charge is 0.484 e. The zero-order valence-electron chi connectivity index (χ0n) is 16.4. The summed E-state index contributed by atoms with van der Waals surface area (Å²) in [7, 11) is 0. The van der Waals surface area contributed by atoms with Crippen molar-refractivity contribution in [2.75, 3.05) is 12.3 Å². The minimum atomic E-state index is -4.47. The Morgan fingerprint density at radius 2 is 2.03 bits per heavy atom. The fraction of sp³-hybridized carbons (Fsp3) is 0.526. The second-order valence-corrected chi connectivity index (χ2v) is 8.31. The first kappa shape index (κ1) is 20.9. The molecular weight excluding hydrogens is 387 g/mol. The first-order chi connectivity index (χ1) is 13.4. The number of nitrogens with two attached hydrogens (primary N) is 1. The highest BCUT2D eigenvalue weighted by Crippen LogP contribution is 2.44. The minimum absolute atomic E-state index is 0.0201. The molecule has 7 nitrogen and oxygen atoms in total. The average molecular weight is 411 g/mol. The van der Waals surface area contributed by atoms with E-state index in [1.165, 1.54) is 12.3 Å². The number of hydrogen-bond donors (Lipinski definition) is 3. The molecule has 1 amide bonds. The van der Waals surface area contributed by atoms with Crippen LogP contribution in [0.1, 0.15) is 67.3 Å². The Balaban J connectivity index is 1.83. The van der Waals surface area contributed by atoms with Crippen molar-refractivity contribution in [2.24, 2.45) is 5.41 Å². The van der Waals surface area contributed by atoms with Gasteiger partial charge >= 0.3 is 6.18 Å².